The van der Waals surface area contributed by atoms with Gasteiger partial charge in [-0.3, -0.25) is 18.8 Å². The van der Waals surface area contributed by atoms with Crippen LogP contribution in [-0.4, -0.2) is 32.2 Å². The van der Waals surface area contributed by atoms with Crippen molar-refractivity contribution >= 4 is 34.3 Å². The molecule has 0 bridgehead atoms. The number of nitrogens with one attached hydrogen (secondary N) is 1. The Hall–Kier alpha value is -5.00. The fourth-order valence-corrected chi connectivity index (χ4v) is 5.74. The molecule has 1 aliphatic carbocycles. The summed E-state index contributed by atoms with van der Waals surface area (Å²) in [4.78, 5) is 35.6. The summed E-state index contributed by atoms with van der Waals surface area (Å²) in [6.45, 7) is 3.87. The smallest absolute Gasteiger partial charge is 0.306 e. The summed E-state index contributed by atoms with van der Waals surface area (Å²) < 4.78 is 24.2. The highest BCUT2D eigenvalue weighted by Gasteiger charge is 2.26. The molecule has 47 heavy (non-hydrogen) atoms. The number of carbonyl (C=O) groups is 1. The van der Waals surface area contributed by atoms with Crippen LogP contribution in [0.4, 0.5) is 10.1 Å². The van der Waals surface area contributed by atoms with Gasteiger partial charge in [0.1, 0.15) is 12.4 Å². The Bertz CT molecular complexity index is 1850. The summed E-state index contributed by atoms with van der Waals surface area (Å²) in [7, 11) is 1.78. The number of fused-ring (bicyclic) bond motifs is 1. The van der Waals surface area contributed by atoms with Crippen LogP contribution >= 0.6 is 0 Å². The topological polar surface area (TPSA) is 155 Å². The zero-order valence-electron chi connectivity index (χ0n) is 27.2. The van der Waals surface area contributed by atoms with Crippen molar-refractivity contribution in [1.29, 1.82) is 0 Å². The summed E-state index contributed by atoms with van der Waals surface area (Å²) in [6, 6.07) is 9.95. The van der Waals surface area contributed by atoms with Gasteiger partial charge in [0.05, 0.1) is 29.0 Å². The highest BCUT2D eigenvalue weighted by molar-refractivity contribution is 6.01. The van der Waals surface area contributed by atoms with E-state index in [1.165, 1.54) is 10.6 Å². The van der Waals surface area contributed by atoms with Gasteiger partial charge in [0.2, 0.25) is 5.96 Å². The molecule has 1 saturated carbocycles. The quantitative estimate of drug-likeness (QED) is 0.0705. The van der Waals surface area contributed by atoms with Gasteiger partial charge in [-0.2, -0.15) is 10.1 Å². The van der Waals surface area contributed by atoms with Crippen molar-refractivity contribution < 1.29 is 13.9 Å². The summed E-state index contributed by atoms with van der Waals surface area (Å²) in [5.74, 6) is -0.579. The number of esters is 1. The van der Waals surface area contributed by atoms with Crippen LogP contribution in [0.2, 0.25) is 0 Å². The molecule has 2 aromatic heterocycles. The van der Waals surface area contributed by atoms with E-state index in [4.69, 9.17) is 21.2 Å². The maximum absolute atomic E-state index is 15.4. The number of nitrogens with zero attached hydrogens (tertiary/aromatic N) is 5. The molecule has 1 unspecified atom stereocenters. The van der Waals surface area contributed by atoms with Gasteiger partial charge in [0.25, 0.3) is 5.56 Å². The molecule has 0 amide bonds. The van der Waals surface area contributed by atoms with E-state index < -0.39 is 17.4 Å². The molecule has 5 rings (SSSR count). The minimum absolute atomic E-state index is 0.0131. The largest absolute Gasteiger partial charge is 0.461 e. The van der Waals surface area contributed by atoms with Gasteiger partial charge in [-0.1, -0.05) is 50.8 Å². The number of unbranched alkanes of at least 4 members (excludes halogenated alkanes) is 4. The number of anilines is 1. The molecule has 12 heteroatoms. The molecule has 1 fully saturated rings. The highest BCUT2D eigenvalue weighted by Crippen LogP contribution is 2.41. The monoisotopic (exact) mass is 642 g/mol. The predicted octanol–water partition coefficient (Wildman–Crippen LogP) is 5.95. The standard InChI is InChI=1S/C35H43FN8O3/c1-4-5-6-7-8-12-31(45)47-21-28-27(22(2)40-35(42-34(37)38)41-26-19-39-43(3)20-26)10-9-11-30(28)44-16-15-24-17-25(23-13-14-23)18-29(36)32(24)33(44)46/h9-11,15-20,22-23H,4-8,12-14,21H2,1-3H3,(H5,37,38,40,41,42). The summed E-state index contributed by atoms with van der Waals surface area (Å²) in [6.07, 6.45) is 12.3. The van der Waals surface area contributed by atoms with E-state index in [2.05, 4.69) is 22.3 Å². The minimum atomic E-state index is -0.561. The third-order valence-electron chi connectivity index (χ3n) is 8.30. The number of pyridine rings is 1. The van der Waals surface area contributed by atoms with E-state index in [1.54, 1.807) is 48.5 Å². The van der Waals surface area contributed by atoms with Gasteiger partial charge in [-0.25, -0.2) is 9.38 Å². The molecule has 248 valence electrons. The molecule has 11 nitrogen and oxygen atoms in total. The molecule has 0 aliphatic heterocycles. The molecule has 0 saturated heterocycles. The van der Waals surface area contributed by atoms with Gasteiger partial charge >= 0.3 is 5.97 Å². The number of rotatable bonds is 13. The number of aromatic nitrogens is 3. The Morgan fingerprint density at radius 1 is 1.17 bits per heavy atom. The molecular weight excluding hydrogens is 599 g/mol. The van der Waals surface area contributed by atoms with Crippen molar-refractivity contribution in [3.05, 3.63) is 87.9 Å². The molecule has 1 atom stereocenters. The molecule has 2 heterocycles. The summed E-state index contributed by atoms with van der Waals surface area (Å²) >= 11 is 0. The Labute approximate surface area is 273 Å². The van der Waals surface area contributed by atoms with Crippen molar-refractivity contribution in [2.75, 3.05) is 5.32 Å². The summed E-state index contributed by atoms with van der Waals surface area (Å²) in [5.41, 5.74) is 14.1. The highest BCUT2D eigenvalue weighted by atomic mass is 19.1. The maximum atomic E-state index is 15.4. The van der Waals surface area contributed by atoms with Crippen molar-refractivity contribution in [1.82, 2.24) is 14.3 Å². The van der Waals surface area contributed by atoms with Crippen LogP contribution in [0.5, 0.6) is 0 Å². The Balaban J connectivity index is 1.53. The van der Waals surface area contributed by atoms with Gasteiger partial charge in [0, 0.05) is 31.4 Å². The van der Waals surface area contributed by atoms with E-state index in [1.807, 2.05) is 19.1 Å². The van der Waals surface area contributed by atoms with Crippen LogP contribution in [-0.2, 0) is 23.2 Å². The number of benzene rings is 2. The SMILES string of the molecule is CCCCCCCC(=O)OCc1c(C(C)N=C(N=C(N)N)Nc2cnn(C)c2)cccc1-n1ccc2cc(C3CC3)cc(F)c2c1=O. The number of guanidine groups is 2. The number of hydrogen-bond acceptors (Lipinski definition) is 5. The molecule has 0 radical (unpaired) electrons. The number of carbonyl (C=O) groups excluding carboxylic acids is 1. The zero-order valence-corrected chi connectivity index (χ0v) is 27.2. The van der Waals surface area contributed by atoms with E-state index in [-0.39, 0.29) is 29.9 Å². The third-order valence-corrected chi connectivity index (χ3v) is 8.30. The van der Waals surface area contributed by atoms with Crippen LogP contribution < -0.4 is 22.3 Å². The van der Waals surface area contributed by atoms with Crippen molar-refractivity contribution in [2.24, 2.45) is 28.5 Å². The minimum Gasteiger partial charge on any atom is -0.461 e. The first kappa shape index (κ1) is 33.4. The molecule has 5 N–H and O–H groups in total. The second-order valence-corrected chi connectivity index (χ2v) is 12.1. The Kier molecular flexibility index (Phi) is 10.7. The fourth-order valence-electron chi connectivity index (χ4n) is 5.74. The van der Waals surface area contributed by atoms with Crippen molar-refractivity contribution in [2.45, 2.75) is 83.8 Å². The van der Waals surface area contributed by atoms with E-state index in [0.29, 0.717) is 40.2 Å². The van der Waals surface area contributed by atoms with Crippen LogP contribution in [0, 0.1) is 5.82 Å². The second kappa shape index (κ2) is 15.1. The van der Waals surface area contributed by atoms with E-state index in [9.17, 15) is 9.59 Å². The summed E-state index contributed by atoms with van der Waals surface area (Å²) in [5, 5.41) is 7.80. The van der Waals surface area contributed by atoms with Crippen LogP contribution in [0.25, 0.3) is 16.5 Å². The van der Waals surface area contributed by atoms with Crippen LogP contribution in [0.15, 0.2) is 69.8 Å². The Morgan fingerprint density at radius 2 is 1.96 bits per heavy atom. The number of hydrogen-bond donors (Lipinski definition) is 3. The first-order valence-corrected chi connectivity index (χ1v) is 16.2. The van der Waals surface area contributed by atoms with Crippen molar-refractivity contribution in [3.8, 4) is 5.69 Å². The van der Waals surface area contributed by atoms with Crippen LogP contribution in [0.1, 0.15) is 93.9 Å². The first-order valence-electron chi connectivity index (χ1n) is 16.2. The van der Waals surface area contributed by atoms with Gasteiger partial charge in [-0.05, 0) is 66.8 Å². The number of ether oxygens (including phenoxy) is 1. The predicted molar refractivity (Wildman–Crippen MR) is 183 cm³/mol. The second-order valence-electron chi connectivity index (χ2n) is 12.1. The van der Waals surface area contributed by atoms with E-state index in [0.717, 1.165) is 50.5 Å². The number of aryl methyl sites for hydroxylation is 1. The zero-order chi connectivity index (χ0) is 33.5. The van der Waals surface area contributed by atoms with Gasteiger partial charge < -0.3 is 21.5 Å². The average Bonchev–Trinajstić information content (AvgIpc) is 3.80. The normalized spacial score (nSPS) is 13.8. The van der Waals surface area contributed by atoms with E-state index >= 15 is 4.39 Å². The molecular formula is C35H43FN8O3. The average molecular weight is 643 g/mol. The third kappa shape index (κ3) is 8.43. The van der Waals surface area contributed by atoms with Gasteiger partial charge in [-0.15, -0.1) is 0 Å². The van der Waals surface area contributed by atoms with Crippen molar-refractivity contribution in [3.63, 3.8) is 0 Å². The first-order chi connectivity index (χ1) is 22.6. The molecule has 1 aliphatic rings. The lowest BCUT2D eigenvalue weighted by molar-refractivity contribution is -0.145. The molecule has 0 spiro atoms. The fraction of sp³-hybridized carbons (Fsp3) is 0.400. The Morgan fingerprint density at radius 3 is 2.66 bits per heavy atom. The number of halogens is 1. The number of nitrogens with two attached hydrogens (primary N) is 2. The molecule has 2 aromatic carbocycles. The molecule has 4 aromatic rings. The van der Waals surface area contributed by atoms with Gasteiger partial charge in [0.15, 0.2) is 5.96 Å². The number of aliphatic imine (C=N–C) groups is 2. The lowest BCUT2D eigenvalue weighted by Crippen LogP contribution is -2.26. The lowest BCUT2D eigenvalue weighted by Gasteiger charge is -2.20. The maximum Gasteiger partial charge on any atom is 0.306 e. The van der Waals surface area contributed by atoms with Crippen LogP contribution in [0.3, 0.4) is 0 Å². The lowest BCUT2D eigenvalue weighted by atomic mass is 9.99.